The number of hydrogen-bond acceptors (Lipinski definition) is 7. The predicted octanol–water partition coefficient (Wildman–Crippen LogP) is 1.26. The smallest absolute Gasteiger partial charge is 0.276 e. The van der Waals surface area contributed by atoms with Gasteiger partial charge < -0.3 is 9.15 Å². The SMILES string of the molecule is COc1cncc(-c2nnc(SC)o2)n1. The molecule has 0 aromatic carbocycles. The fourth-order valence-corrected chi connectivity index (χ4v) is 1.23. The summed E-state index contributed by atoms with van der Waals surface area (Å²) >= 11 is 1.37. The van der Waals surface area contributed by atoms with Gasteiger partial charge >= 0.3 is 0 Å². The number of methoxy groups -OCH3 is 1. The van der Waals surface area contributed by atoms with Crippen molar-refractivity contribution in [3.8, 4) is 17.5 Å². The van der Waals surface area contributed by atoms with E-state index in [9.17, 15) is 0 Å². The molecule has 0 atom stereocenters. The van der Waals surface area contributed by atoms with Crippen LogP contribution in [-0.2, 0) is 0 Å². The van der Waals surface area contributed by atoms with Gasteiger partial charge in [-0.3, -0.25) is 4.98 Å². The Balaban J connectivity index is 2.35. The van der Waals surface area contributed by atoms with Gasteiger partial charge in [-0.1, -0.05) is 11.8 Å². The highest BCUT2D eigenvalue weighted by Gasteiger charge is 2.10. The standard InChI is InChI=1S/C8H8N4O2S/c1-13-6-4-9-3-5(10-6)7-11-12-8(14-7)15-2/h3-4H,1-2H3. The first-order valence-corrected chi connectivity index (χ1v) is 5.30. The fraction of sp³-hybridized carbons (Fsp3) is 0.250. The van der Waals surface area contributed by atoms with E-state index < -0.39 is 0 Å². The van der Waals surface area contributed by atoms with Crippen LogP contribution in [0.15, 0.2) is 22.0 Å². The van der Waals surface area contributed by atoms with Crippen LogP contribution in [0.3, 0.4) is 0 Å². The molecule has 0 N–H and O–H groups in total. The third-order valence-corrected chi connectivity index (χ3v) is 2.14. The van der Waals surface area contributed by atoms with Gasteiger partial charge in [0.1, 0.15) is 5.69 Å². The zero-order chi connectivity index (χ0) is 10.7. The third-order valence-electron chi connectivity index (χ3n) is 1.62. The van der Waals surface area contributed by atoms with Crippen molar-refractivity contribution in [2.24, 2.45) is 0 Å². The Morgan fingerprint density at radius 3 is 2.87 bits per heavy atom. The lowest BCUT2D eigenvalue weighted by molar-refractivity contribution is 0.395. The largest absolute Gasteiger partial charge is 0.480 e. The predicted molar refractivity (Wildman–Crippen MR) is 53.7 cm³/mol. The Morgan fingerprint density at radius 1 is 1.33 bits per heavy atom. The summed E-state index contributed by atoms with van der Waals surface area (Å²) in [7, 11) is 1.52. The molecule has 0 spiro atoms. The van der Waals surface area contributed by atoms with E-state index in [-0.39, 0.29) is 0 Å². The zero-order valence-corrected chi connectivity index (χ0v) is 8.98. The lowest BCUT2D eigenvalue weighted by atomic mass is 10.4. The van der Waals surface area contributed by atoms with Gasteiger partial charge in [0, 0.05) is 0 Å². The average Bonchev–Trinajstić information content (AvgIpc) is 2.78. The normalized spacial score (nSPS) is 10.3. The molecule has 0 aliphatic heterocycles. The van der Waals surface area contributed by atoms with Gasteiger partial charge in [-0.25, -0.2) is 4.98 Å². The van der Waals surface area contributed by atoms with Gasteiger partial charge in [-0.2, -0.15) is 0 Å². The monoisotopic (exact) mass is 224 g/mol. The first-order chi connectivity index (χ1) is 7.33. The first kappa shape index (κ1) is 9.91. The Bertz CT molecular complexity index is 459. The van der Waals surface area contributed by atoms with E-state index in [1.807, 2.05) is 6.26 Å². The van der Waals surface area contributed by atoms with E-state index in [1.165, 1.54) is 25.1 Å². The molecule has 0 fully saturated rings. The van der Waals surface area contributed by atoms with Crippen molar-refractivity contribution in [1.82, 2.24) is 20.2 Å². The highest BCUT2D eigenvalue weighted by molar-refractivity contribution is 7.98. The van der Waals surface area contributed by atoms with Crippen LogP contribution in [0, 0.1) is 0 Å². The summed E-state index contributed by atoms with van der Waals surface area (Å²) in [5.74, 6) is 0.752. The summed E-state index contributed by atoms with van der Waals surface area (Å²) in [5, 5.41) is 8.14. The Hall–Kier alpha value is -1.63. The van der Waals surface area contributed by atoms with Crippen LogP contribution in [-0.4, -0.2) is 33.5 Å². The van der Waals surface area contributed by atoms with Gasteiger partial charge in [-0.15, -0.1) is 10.2 Å². The van der Waals surface area contributed by atoms with E-state index in [0.29, 0.717) is 22.7 Å². The van der Waals surface area contributed by atoms with Crippen LogP contribution in [0.2, 0.25) is 0 Å². The molecule has 0 saturated carbocycles. The average molecular weight is 224 g/mol. The summed E-state index contributed by atoms with van der Waals surface area (Å²) in [4.78, 5) is 8.06. The summed E-state index contributed by atoms with van der Waals surface area (Å²) < 4.78 is 10.2. The van der Waals surface area contributed by atoms with E-state index >= 15 is 0 Å². The molecule has 6 nitrogen and oxygen atoms in total. The molecule has 2 aromatic rings. The molecule has 7 heteroatoms. The second-order valence-corrected chi connectivity index (χ2v) is 3.28. The molecule has 78 valence electrons. The van der Waals surface area contributed by atoms with Crippen LogP contribution in [0.4, 0.5) is 0 Å². The maximum atomic E-state index is 5.30. The maximum absolute atomic E-state index is 5.30. The molecule has 2 aromatic heterocycles. The minimum Gasteiger partial charge on any atom is -0.480 e. The van der Waals surface area contributed by atoms with Crippen molar-refractivity contribution in [2.75, 3.05) is 13.4 Å². The summed E-state index contributed by atoms with van der Waals surface area (Å²) in [5.41, 5.74) is 0.502. The number of thioether (sulfide) groups is 1. The summed E-state index contributed by atoms with van der Waals surface area (Å²) in [6, 6.07) is 0. The number of nitrogens with zero attached hydrogens (tertiary/aromatic N) is 4. The minimum absolute atomic E-state index is 0.339. The maximum Gasteiger partial charge on any atom is 0.276 e. The number of hydrogen-bond donors (Lipinski definition) is 0. The van der Waals surface area contributed by atoms with Crippen molar-refractivity contribution in [3.05, 3.63) is 12.4 Å². The molecule has 0 aliphatic rings. The van der Waals surface area contributed by atoms with Crippen molar-refractivity contribution in [2.45, 2.75) is 5.22 Å². The highest BCUT2D eigenvalue weighted by Crippen LogP contribution is 2.20. The minimum atomic E-state index is 0.339. The molecule has 0 unspecified atom stereocenters. The van der Waals surface area contributed by atoms with Gasteiger partial charge in [0.15, 0.2) is 0 Å². The first-order valence-electron chi connectivity index (χ1n) is 4.07. The summed E-state index contributed by atoms with van der Waals surface area (Å²) in [6.45, 7) is 0. The van der Waals surface area contributed by atoms with Gasteiger partial charge in [0.25, 0.3) is 11.1 Å². The molecule has 2 rings (SSSR count). The van der Waals surface area contributed by atoms with Crippen LogP contribution >= 0.6 is 11.8 Å². The second kappa shape index (κ2) is 4.26. The van der Waals surface area contributed by atoms with Crippen molar-refractivity contribution in [3.63, 3.8) is 0 Å². The van der Waals surface area contributed by atoms with Crippen LogP contribution in [0.25, 0.3) is 11.6 Å². The van der Waals surface area contributed by atoms with Crippen molar-refractivity contribution in [1.29, 1.82) is 0 Å². The van der Waals surface area contributed by atoms with Crippen molar-refractivity contribution < 1.29 is 9.15 Å². The molecule has 0 saturated heterocycles. The third kappa shape index (κ3) is 2.07. The van der Waals surface area contributed by atoms with E-state index in [1.54, 1.807) is 6.20 Å². The molecule has 2 heterocycles. The Morgan fingerprint density at radius 2 is 2.20 bits per heavy atom. The molecular formula is C8H8N4O2S. The van der Waals surface area contributed by atoms with E-state index in [4.69, 9.17) is 9.15 Å². The number of ether oxygens (including phenoxy) is 1. The van der Waals surface area contributed by atoms with Gasteiger partial charge in [0.2, 0.25) is 5.88 Å². The zero-order valence-electron chi connectivity index (χ0n) is 8.17. The molecule has 0 aliphatic carbocycles. The highest BCUT2D eigenvalue weighted by atomic mass is 32.2. The van der Waals surface area contributed by atoms with E-state index in [2.05, 4.69) is 20.2 Å². The van der Waals surface area contributed by atoms with Gasteiger partial charge in [-0.05, 0) is 6.26 Å². The Kier molecular flexibility index (Phi) is 2.82. The lowest BCUT2D eigenvalue weighted by Gasteiger charge is -1.97. The molecular weight excluding hydrogens is 216 g/mol. The molecule has 0 bridgehead atoms. The quantitative estimate of drug-likeness (QED) is 0.726. The topological polar surface area (TPSA) is 73.9 Å². The molecule has 0 amide bonds. The van der Waals surface area contributed by atoms with Crippen molar-refractivity contribution >= 4 is 11.8 Å². The molecule has 15 heavy (non-hydrogen) atoms. The number of rotatable bonds is 3. The van der Waals surface area contributed by atoms with Crippen LogP contribution < -0.4 is 4.74 Å². The molecule has 0 radical (unpaired) electrons. The summed E-state index contributed by atoms with van der Waals surface area (Å²) in [6.07, 6.45) is 4.91. The van der Waals surface area contributed by atoms with Gasteiger partial charge in [0.05, 0.1) is 19.5 Å². The van der Waals surface area contributed by atoms with Crippen LogP contribution in [0.5, 0.6) is 5.88 Å². The second-order valence-electron chi connectivity index (χ2n) is 2.52. The fourth-order valence-electron chi connectivity index (χ4n) is 0.945. The Labute approximate surface area is 90.1 Å². The lowest BCUT2D eigenvalue weighted by Crippen LogP contribution is -1.91. The van der Waals surface area contributed by atoms with E-state index in [0.717, 1.165) is 0 Å². The van der Waals surface area contributed by atoms with Crippen LogP contribution in [0.1, 0.15) is 0 Å². The number of aromatic nitrogens is 4.